The maximum Gasteiger partial charge on any atom is 0.335 e. The quantitative estimate of drug-likeness (QED) is 0.879. The Kier molecular flexibility index (Phi) is 4.90. The van der Waals surface area contributed by atoms with E-state index in [4.69, 9.17) is 9.84 Å². The molecule has 0 aliphatic heterocycles. The summed E-state index contributed by atoms with van der Waals surface area (Å²) in [6.45, 7) is 5.37. The number of carboxylic acids is 1. The number of amides is 1. The number of nitrogens with zero attached hydrogens (tertiary/aromatic N) is 2. The number of rotatable bonds is 5. The monoisotopic (exact) mass is 315 g/mol. The molecule has 2 aromatic rings. The Morgan fingerprint density at radius 1 is 1.30 bits per heavy atom. The molecule has 2 N–H and O–H groups in total. The molecule has 1 heterocycles. The number of carboxylic acid groups (broad SMARTS) is 1. The van der Waals surface area contributed by atoms with Crippen molar-refractivity contribution in [1.29, 1.82) is 0 Å². The van der Waals surface area contributed by atoms with Crippen LogP contribution in [0.15, 0.2) is 30.7 Å². The van der Waals surface area contributed by atoms with E-state index in [1.54, 1.807) is 6.92 Å². The molecule has 0 aliphatic rings. The van der Waals surface area contributed by atoms with Crippen LogP contribution in [0.2, 0.25) is 0 Å². The number of hydrogen-bond donors (Lipinski definition) is 2. The number of carbonyl (C=O) groups is 2. The smallest absolute Gasteiger partial charge is 0.335 e. The van der Waals surface area contributed by atoms with Gasteiger partial charge in [-0.2, -0.15) is 0 Å². The number of aromatic carboxylic acids is 1. The fourth-order valence-electron chi connectivity index (χ4n) is 1.92. The van der Waals surface area contributed by atoms with E-state index in [-0.39, 0.29) is 17.4 Å². The van der Waals surface area contributed by atoms with Gasteiger partial charge in [0.15, 0.2) is 0 Å². The molecule has 0 spiro atoms. The van der Waals surface area contributed by atoms with Gasteiger partial charge in [-0.15, -0.1) is 0 Å². The van der Waals surface area contributed by atoms with Gasteiger partial charge in [-0.25, -0.2) is 14.8 Å². The fourth-order valence-corrected chi connectivity index (χ4v) is 1.92. The molecule has 0 saturated carbocycles. The number of hydrogen-bond acceptors (Lipinski definition) is 5. The van der Waals surface area contributed by atoms with Crippen LogP contribution in [0.5, 0.6) is 5.75 Å². The molecule has 7 nitrogen and oxygen atoms in total. The predicted octanol–water partition coefficient (Wildman–Crippen LogP) is 2.52. The molecule has 0 aliphatic carbocycles. The van der Waals surface area contributed by atoms with Crippen molar-refractivity contribution in [2.45, 2.75) is 26.9 Å². The highest BCUT2D eigenvalue weighted by Gasteiger charge is 2.16. The first-order valence-electron chi connectivity index (χ1n) is 7.00. The molecule has 1 amide bonds. The Morgan fingerprint density at radius 2 is 2.04 bits per heavy atom. The van der Waals surface area contributed by atoms with Crippen LogP contribution in [0.3, 0.4) is 0 Å². The first kappa shape index (κ1) is 16.4. The highest BCUT2D eigenvalue weighted by molar-refractivity contribution is 6.06. The molecule has 7 heteroatoms. The Morgan fingerprint density at radius 3 is 2.65 bits per heavy atom. The SMILES string of the molecule is Cc1ncncc1C(=O)Nc1cc(C(=O)O)ccc1OC(C)C. The van der Waals surface area contributed by atoms with Gasteiger partial charge in [-0.05, 0) is 39.0 Å². The predicted molar refractivity (Wildman–Crippen MR) is 83.9 cm³/mol. The molecule has 23 heavy (non-hydrogen) atoms. The van der Waals surface area contributed by atoms with E-state index in [0.717, 1.165) is 0 Å². The number of carbonyl (C=O) groups excluding carboxylic acids is 1. The highest BCUT2D eigenvalue weighted by Crippen LogP contribution is 2.27. The van der Waals surface area contributed by atoms with E-state index in [1.807, 2.05) is 13.8 Å². The van der Waals surface area contributed by atoms with E-state index in [2.05, 4.69) is 15.3 Å². The lowest BCUT2D eigenvalue weighted by Crippen LogP contribution is -2.17. The maximum atomic E-state index is 12.4. The van der Waals surface area contributed by atoms with Gasteiger partial charge in [0.25, 0.3) is 5.91 Å². The molecule has 0 radical (unpaired) electrons. The summed E-state index contributed by atoms with van der Waals surface area (Å²) in [5.74, 6) is -1.12. The van der Waals surface area contributed by atoms with Crippen molar-refractivity contribution in [3.63, 3.8) is 0 Å². The van der Waals surface area contributed by atoms with Crippen molar-refractivity contribution >= 4 is 17.6 Å². The van der Waals surface area contributed by atoms with Crippen molar-refractivity contribution in [2.24, 2.45) is 0 Å². The Bertz CT molecular complexity index is 744. The number of aromatic nitrogens is 2. The van der Waals surface area contributed by atoms with Gasteiger partial charge in [0.2, 0.25) is 0 Å². The van der Waals surface area contributed by atoms with Gasteiger partial charge in [-0.1, -0.05) is 0 Å². The van der Waals surface area contributed by atoms with Gasteiger partial charge in [-0.3, -0.25) is 4.79 Å². The van der Waals surface area contributed by atoms with E-state index < -0.39 is 11.9 Å². The lowest BCUT2D eigenvalue weighted by atomic mass is 10.1. The maximum absolute atomic E-state index is 12.4. The lowest BCUT2D eigenvalue weighted by Gasteiger charge is -2.16. The zero-order valence-corrected chi connectivity index (χ0v) is 13.0. The summed E-state index contributed by atoms with van der Waals surface area (Å²) in [6, 6.07) is 4.30. The molecular formula is C16H17N3O4. The minimum Gasteiger partial charge on any atom is -0.489 e. The normalized spacial score (nSPS) is 10.4. The number of aryl methyl sites for hydroxylation is 1. The summed E-state index contributed by atoms with van der Waals surface area (Å²) in [5, 5.41) is 11.8. The van der Waals surface area contributed by atoms with Crippen LogP contribution in [0.1, 0.15) is 40.3 Å². The standard InChI is InChI=1S/C16H17N3O4/c1-9(2)23-14-5-4-11(16(21)22)6-13(14)19-15(20)12-7-17-8-18-10(12)3/h4-9H,1-3H3,(H,19,20)(H,21,22). The van der Waals surface area contributed by atoms with Gasteiger partial charge < -0.3 is 15.2 Å². The lowest BCUT2D eigenvalue weighted by molar-refractivity contribution is 0.0696. The van der Waals surface area contributed by atoms with Gasteiger partial charge in [0.1, 0.15) is 12.1 Å². The molecular weight excluding hydrogens is 298 g/mol. The molecule has 0 fully saturated rings. The molecule has 120 valence electrons. The Balaban J connectivity index is 2.36. The zero-order valence-electron chi connectivity index (χ0n) is 13.0. The van der Waals surface area contributed by atoms with Gasteiger partial charge in [0.05, 0.1) is 28.6 Å². The second-order valence-corrected chi connectivity index (χ2v) is 5.16. The third-order valence-electron chi connectivity index (χ3n) is 2.99. The molecule has 2 rings (SSSR count). The summed E-state index contributed by atoms with van der Waals surface area (Å²) >= 11 is 0. The number of nitrogens with one attached hydrogen (secondary N) is 1. The van der Waals surface area contributed by atoms with Crippen LogP contribution in [0.4, 0.5) is 5.69 Å². The second-order valence-electron chi connectivity index (χ2n) is 5.16. The van der Waals surface area contributed by atoms with Gasteiger partial charge >= 0.3 is 5.97 Å². The van der Waals surface area contributed by atoms with Crippen molar-refractivity contribution in [3.8, 4) is 5.75 Å². The highest BCUT2D eigenvalue weighted by atomic mass is 16.5. The van der Waals surface area contributed by atoms with E-state index in [0.29, 0.717) is 17.0 Å². The summed E-state index contributed by atoms with van der Waals surface area (Å²) < 4.78 is 5.61. The summed E-state index contributed by atoms with van der Waals surface area (Å²) in [4.78, 5) is 31.3. The third kappa shape index (κ3) is 4.03. The van der Waals surface area contributed by atoms with Crippen LogP contribution in [0, 0.1) is 6.92 Å². The number of ether oxygens (including phenoxy) is 1. The van der Waals surface area contributed by atoms with Crippen LogP contribution in [-0.4, -0.2) is 33.1 Å². The Hall–Kier alpha value is -2.96. The zero-order chi connectivity index (χ0) is 17.0. The topological polar surface area (TPSA) is 101 Å². The number of anilines is 1. The molecule has 0 bridgehead atoms. The third-order valence-corrected chi connectivity index (χ3v) is 2.99. The minimum absolute atomic E-state index is 0.0532. The molecule has 1 aromatic carbocycles. The van der Waals surface area contributed by atoms with E-state index in [9.17, 15) is 9.59 Å². The number of benzene rings is 1. The average Bonchev–Trinajstić information content (AvgIpc) is 2.48. The Labute approximate surface area is 133 Å². The summed E-state index contributed by atoms with van der Waals surface area (Å²) in [6.07, 6.45) is 2.63. The van der Waals surface area contributed by atoms with Crippen LogP contribution < -0.4 is 10.1 Å². The fraction of sp³-hybridized carbons (Fsp3) is 0.250. The van der Waals surface area contributed by atoms with Crippen molar-refractivity contribution in [1.82, 2.24) is 9.97 Å². The average molecular weight is 315 g/mol. The van der Waals surface area contributed by atoms with Crippen molar-refractivity contribution in [3.05, 3.63) is 47.5 Å². The molecule has 0 atom stereocenters. The van der Waals surface area contributed by atoms with Gasteiger partial charge in [0, 0.05) is 6.20 Å². The van der Waals surface area contributed by atoms with Crippen molar-refractivity contribution < 1.29 is 19.4 Å². The molecule has 0 saturated heterocycles. The van der Waals surface area contributed by atoms with E-state index in [1.165, 1.54) is 30.7 Å². The van der Waals surface area contributed by atoms with E-state index >= 15 is 0 Å². The summed E-state index contributed by atoms with van der Waals surface area (Å²) in [5.41, 5.74) is 1.17. The first-order chi connectivity index (χ1) is 10.9. The van der Waals surface area contributed by atoms with Crippen LogP contribution >= 0.6 is 0 Å². The van der Waals surface area contributed by atoms with Crippen molar-refractivity contribution in [2.75, 3.05) is 5.32 Å². The van der Waals surface area contributed by atoms with Crippen LogP contribution in [-0.2, 0) is 0 Å². The molecule has 0 unspecified atom stereocenters. The summed E-state index contributed by atoms with van der Waals surface area (Å²) in [7, 11) is 0. The second kappa shape index (κ2) is 6.87. The van der Waals surface area contributed by atoms with Crippen LogP contribution in [0.25, 0.3) is 0 Å². The molecule has 1 aromatic heterocycles. The minimum atomic E-state index is -1.09. The first-order valence-corrected chi connectivity index (χ1v) is 7.00. The largest absolute Gasteiger partial charge is 0.489 e.